The van der Waals surface area contributed by atoms with Gasteiger partial charge in [0, 0.05) is 6.61 Å². The lowest BCUT2D eigenvalue weighted by Gasteiger charge is -1.98. The number of furan rings is 1. The minimum atomic E-state index is -0.338. The fourth-order valence-corrected chi connectivity index (χ4v) is 1.53. The van der Waals surface area contributed by atoms with Crippen LogP contribution in [0, 0.1) is 12.8 Å². The summed E-state index contributed by atoms with van der Waals surface area (Å²) < 4.78 is 10.9. The summed E-state index contributed by atoms with van der Waals surface area (Å²) in [5, 5.41) is 0. The van der Waals surface area contributed by atoms with Gasteiger partial charge in [-0.05, 0) is 31.7 Å². The first kappa shape index (κ1) is 11.2. The summed E-state index contributed by atoms with van der Waals surface area (Å²) in [5.41, 5.74) is 2.55. The highest BCUT2D eigenvalue weighted by Crippen LogP contribution is 2.29. The van der Waals surface area contributed by atoms with Gasteiger partial charge in [-0.2, -0.15) is 0 Å². The number of aryl methyl sites for hydroxylation is 1. The maximum absolute atomic E-state index is 11.3. The van der Waals surface area contributed by atoms with Crippen LogP contribution in [0.5, 0.6) is 0 Å². The van der Waals surface area contributed by atoms with Crippen molar-refractivity contribution in [1.29, 1.82) is 0 Å². The summed E-state index contributed by atoms with van der Waals surface area (Å²) in [6, 6.07) is 1.67. The number of hydrazine groups is 1. The van der Waals surface area contributed by atoms with E-state index in [0.29, 0.717) is 23.7 Å². The predicted molar refractivity (Wildman–Crippen MR) is 57.5 cm³/mol. The zero-order valence-corrected chi connectivity index (χ0v) is 9.29. The van der Waals surface area contributed by atoms with Crippen LogP contribution in [0.3, 0.4) is 0 Å². The van der Waals surface area contributed by atoms with Crippen molar-refractivity contribution in [3.05, 3.63) is 23.2 Å². The van der Waals surface area contributed by atoms with E-state index >= 15 is 0 Å². The monoisotopic (exact) mass is 224 g/mol. The molecule has 0 saturated heterocycles. The van der Waals surface area contributed by atoms with Gasteiger partial charge in [0.25, 0.3) is 5.91 Å². The minimum Gasteiger partial charge on any atom is -0.463 e. The maximum atomic E-state index is 11.3. The van der Waals surface area contributed by atoms with Crippen molar-refractivity contribution in [2.45, 2.75) is 26.4 Å². The molecule has 0 bridgehead atoms. The summed E-state index contributed by atoms with van der Waals surface area (Å²) in [6.45, 7) is 2.92. The predicted octanol–water partition coefficient (Wildman–Crippen LogP) is 1.12. The number of nitrogens with two attached hydrogens (primary N) is 1. The first-order chi connectivity index (χ1) is 7.70. The summed E-state index contributed by atoms with van der Waals surface area (Å²) in [4.78, 5) is 11.3. The van der Waals surface area contributed by atoms with E-state index in [2.05, 4.69) is 5.43 Å². The number of hydrogen-bond acceptors (Lipinski definition) is 4. The summed E-state index contributed by atoms with van der Waals surface area (Å²) in [6.07, 6.45) is 2.52. The van der Waals surface area contributed by atoms with Crippen molar-refractivity contribution in [3.8, 4) is 0 Å². The smallest absolute Gasteiger partial charge is 0.268 e. The van der Waals surface area contributed by atoms with E-state index in [9.17, 15) is 4.79 Å². The fourth-order valence-electron chi connectivity index (χ4n) is 1.53. The number of amides is 1. The third-order valence-electron chi connectivity index (χ3n) is 2.64. The molecule has 1 aromatic rings. The van der Waals surface area contributed by atoms with Gasteiger partial charge in [0.1, 0.15) is 18.1 Å². The lowest BCUT2D eigenvalue weighted by atomic mass is 10.2. The van der Waals surface area contributed by atoms with E-state index in [1.54, 1.807) is 13.0 Å². The minimum absolute atomic E-state index is 0.338. The summed E-state index contributed by atoms with van der Waals surface area (Å²) in [7, 11) is 0. The van der Waals surface area contributed by atoms with Crippen LogP contribution in [0.4, 0.5) is 0 Å². The lowest BCUT2D eigenvalue weighted by molar-refractivity contribution is 0.0951. The maximum Gasteiger partial charge on any atom is 0.268 e. The number of carbonyl (C=O) groups excluding carboxylic acids is 1. The Labute approximate surface area is 93.9 Å². The normalized spacial score (nSPS) is 15.1. The second kappa shape index (κ2) is 4.67. The molecule has 0 aromatic carbocycles. The van der Waals surface area contributed by atoms with E-state index in [4.69, 9.17) is 15.0 Å². The molecule has 0 unspecified atom stereocenters. The van der Waals surface area contributed by atoms with Gasteiger partial charge in [-0.3, -0.25) is 10.2 Å². The van der Waals surface area contributed by atoms with Crippen molar-refractivity contribution in [1.82, 2.24) is 5.43 Å². The number of rotatable bonds is 5. The highest BCUT2D eigenvalue weighted by Gasteiger charge is 2.21. The second-order valence-corrected chi connectivity index (χ2v) is 4.11. The molecule has 1 saturated carbocycles. The molecule has 5 heteroatoms. The average molecular weight is 224 g/mol. The molecule has 0 radical (unpaired) electrons. The highest BCUT2D eigenvalue weighted by molar-refractivity contribution is 5.94. The average Bonchev–Trinajstić information content (AvgIpc) is 3.01. The van der Waals surface area contributed by atoms with Crippen molar-refractivity contribution >= 4 is 5.91 Å². The Morgan fingerprint density at radius 3 is 3.06 bits per heavy atom. The molecule has 88 valence electrons. The van der Waals surface area contributed by atoms with Crippen LogP contribution < -0.4 is 11.3 Å². The van der Waals surface area contributed by atoms with Crippen molar-refractivity contribution in [3.63, 3.8) is 0 Å². The standard InChI is InChI=1S/C11H16N2O3/c1-7-10(11(14)13-12)4-9(16-7)6-15-5-8-2-3-8/h4,8H,2-3,5-6,12H2,1H3,(H,13,14). The van der Waals surface area contributed by atoms with Gasteiger partial charge in [-0.15, -0.1) is 0 Å². The van der Waals surface area contributed by atoms with E-state index in [-0.39, 0.29) is 5.91 Å². The van der Waals surface area contributed by atoms with Gasteiger partial charge in [-0.25, -0.2) is 5.84 Å². The third-order valence-corrected chi connectivity index (χ3v) is 2.64. The Kier molecular flexibility index (Phi) is 3.26. The van der Waals surface area contributed by atoms with Crippen LogP contribution in [0.2, 0.25) is 0 Å². The molecule has 3 N–H and O–H groups in total. The molecular formula is C11H16N2O3. The molecule has 16 heavy (non-hydrogen) atoms. The molecule has 1 aliphatic carbocycles. The fraction of sp³-hybridized carbons (Fsp3) is 0.545. The molecule has 1 amide bonds. The Bertz CT molecular complexity index is 383. The van der Waals surface area contributed by atoms with Crippen LogP contribution >= 0.6 is 0 Å². The van der Waals surface area contributed by atoms with Gasteiger partial charge in [-0.1, -0.05) is 0 Å². The topological polar surface area (TPSA) is 77.5 Å². The van der Waals surface area contributed by atoms with Crippen LogP contribution in [0.1, 0.15) is 34.7 Å². The Morgan fingerprint density at radius 1 is 1.69 bits per heavy atom. The van der Waals surface area contributed by atoms with Gasteiger partial charge < -0.3 is 9.15 Å². The second-order valence-electron chi connectivity index (χ2n) is 4.11. The van der Waals surface area contributed by atoms with Crippen LogP contribution in [0.15, 0.2) is 10.5 Å². The summed E-state index contributed by atoms with van der Waals surface area (Å²) in [5.74, 6) is 6.67. The third kappa shape index (κ3) is 2.62. The molecule has 2 rings (SSSR count). The lowest BCUT2D eigenvalue weighted by Crippen LogP contribution is -2.30. The van der Waals surface area contributed by atoms with Gasteiger partial charge in [0.2, 0.25) is 0 Å². The van der Waals surface area contributed by atoms with Crippen LogP contribution in [0.25, 0.3) is 0 Å². The van der Waals surface area contributed by atoms with E-state index in [0.717, 1.165) is 12.5 Å². The molecule has 0 atom stereocenters. The molecule has 1 aliphatic rings. The first-order valence-electron chi connectivity index (χ1n) is 5.38. The van der Waals surface area contributed by atoms with Gasteiger partial charge in [0.05, 0.1) is 5.56 Å². The molecule has 1 aromatic heterocycles. The molecule has 0 aliphatic heterocycles. The number of nitrogen functional groups attached to an aromatic ring is 1. The molecule has 1 fully saturated rings. The quantitative estimate of drug-likeness (QED) is 0.446. The number of ether oxygens (including phenoxy) is 1. The summed E-state index contributed by atoms with van der Waals surface area (Å²) >= 11 is 0. The van der Waals surface area contributed by atoms with Crippen molar-refractivity contribution in [2.75, 3.05) is 6.61 Å². The zero-order valence-electron chi connectivity index (χ0n) is 9.29. The van der Waals surface area contributed by atoms with E-state index < -0.39 is 0 Å². The first-order valence-corrected chi connectivity index (χ1v) is 5.38. The molecule has 1 heterocycles. The number of hydrogen-bond donors (Lipinski definition) is 2. The van der Waals surface area contributed by atoms with E-state index in [1.807, 2.05) is 0 Å². The Balaban J connectivity index is 1.91. The van der Waals surface area contributed by atoms with Crippen molar-refractivity contribution in [2.24, 2.45) is 11.8 Å². The van der Waals surface area contributed by atoms with Gasteiger partial charge in [0.15, 0.2) is 0 Å². The highest BCUT2D eigenvalue weighted by atomic mass is 16.5. The molecule has 5 nitrogen and oxygen atoms in total. The van der Waals surface area contributed by atoms with Gasteiger partial charge >= 0.3 is 0 Å². The molecule has 0 spiro atoms. The molecular weight excluding hydrogens is 208 g/mol. The van der Waals surface area contributed by atoms with Crippen LogP contribution in [-0.4, -0.2) is 12.5 Å². The zero-order chi connectivity index (χ0) is 11.5. The van der Waals surface area contributed by atoms with E-state index in [1.165, 1.54) is 12.8 Å². The number of carbonyl (C=O) groups is 1. The largest absolute Gasteiger partial charge is 0.463 e. The Morgan fingerprint density at radius 2 is 2.44 bits per heavy atom. The van der Waals surface area contributed by atoms with Crippen LogP contribution in [-0.2, 0) is 11.3 Å². The Hall–Kier alpha value is -1.33. The van der Waals surface area contributed by atoms with Crippen molar-refractivity contribution < 1.29 is 13.9 Å². The number of nitrogens with one attached hydrogen (secondary N) is 1. The SMILES string of the molecule is Cc1oc(COCC2CC2)cc1C(=O)NN.